The lowest BCUT2D eigenvalue weighted by Crippen LogP contribution is -2.48. The number of amides is 1. The van der Waals surface area contributed by atoms with E-state index < -0.39 is 0 Å². The maximum absolute atomic E-state index is 12.3. The quantitative estimate of drug-likeness (QED) is 0.863. The Morgan fingerprint density at radius 1 is 1.44 bits per heavy atom. The molecule has 1 fully saturated rings. The molecule has 0 bridgehead atoms. The zero-order chi connectivity index (χ0) is 13.3. The SMILES string of the molecule is CC1CN(C(=O)c2ccc(Cl)cc2Cl)CCC1N. The molecule has 0 saturated carbocycles. The lowest BCUT2D eigenvalue weighted by molar-refractivity contribution is 0.0664. The molecule has 2 atom stereocenters. The van der Waals surface area contributed by atoms with Gasteiger partial charge >= 0.3 is 0 Å². The van der Waals surface area contributed by atoms with Crippen LogP contribution in [0.25, 0.3) is 0 Å². The van der Waals surface area contributed by atoms with Crippen molar-refractivity contribution in [3.05, 3.63) is 33.8 Å². The molecule has 2 unspecified atom stereocenters. The van der Waals surface area contributed by atoms with Gasteiger partial charge in [-0.2, -0.15) is 0 Å². The minimum atomic E-state index is -0.0459. The molecule has 2 rings (SSSR count). The summed E-state index contributed by atoms with van der Waals surface area (Å²) in [5.74, 6) is 0.268. The van der Waals surface area contributed by atoms with Gasteiger partial charge in [0.15, 0.2) is 0 Å². The molecule has 3 nitrogen and oxygen atoms in total. The molecule has 1 heterocycles. The predicted molar refractivity (Wildman–Crippen MR) is 74.1 cm³/mol. The van der Waals surface area contributed by atoms with Gasteiger partial charge in [-0.05, 0) is 30.5 Å². The van der Waals surface area contributed by atoms with Gasteiger partial charge in [0.05, 0.1) is 10.6 Å². The van der Waals surface area contributed by atoms with E-state index >= 15 is 0 Å². The summed E-state index contributed by atoms with van der Waals surface area (Å²) in [4.78, 5) is 14.2. The maximum Gasteiger partial charge on any atom is 0.255 e. The van der Waals surface area contributed by atoms with Crippen LogP contribution in [0.1, 0.15) is 23.7 Å². The van der Waals surface area contributed by atoms with E-state index in [1.54, 1.807) is 18.2 Å². The number of rotatable bonds is 1. The van der Waals surface area contributed by atoms with E-state index in [1.807, 2.05) is 4.90 Å². The zero-order valence-electron chi connectivity index (χ0n) is 10.2. The number of nitrogens with zero attached hydrogens (tertiary/aromatic N) is 1. The first kappa shape index (κ1) is 13.7. The molecule has 2 N–H and O–H groups in total. The van der Waals surface area contributed by atoms with Crippen LogP contribution in [0.15, 0.2) is 18.2 Å². The molecular formula is C13H16Cl2N2O. The number of likely N-dealkylation sites (tertiary alicyclic amines) is 1. The highest BCUT2D eigenvalue weighted by atomic mass is 35.5. The maximum atomic E-state index is 12.3. The molecule has 0 spiro atoms. The Bertz CT molecular complexity index is 464. The average Bonchev–Trinajstić information content (AvgIpc) is 2.32. The van der Waals surface area contributed by atoms with Crippen LogP contribution in [0.3, 0.4) is 0 Å². The van der Waals surface area contributed by atoms with Crippen molar-refractivity contribution in [3.63, 3.8) is 0 Å². The van der Waals surface area contributed by atoms with Gasteiger partial charge in [-0.3, -0.25) is 4.79 Å². The van der Waals surface area contributed by atoms with Crippen molar-refractivity contribution in [1.29, 1.82) is 0 Å². The van der Waals surface area contributed by atoms with Gasteiger partial charge in [0.1, 0.15) is 0 Å². The number of benzene rings is 1. The highest BCUT2D eigenvalue weighted by molar-refractivity contribution is 6.36. The van der Waals surface area contributed by atoms with E-state index in [-0.39, 0.29) is 11.9 Å². The average molecular weight is 287 g/mol. The van der Waals surface area contributed by atoms with Crippen molar-refractivity contribution < 1.29 is 4.79 Å². The summed E-state index contributed by atoms with van der Waals surface area (Å²) in [5, 5.41) is 0.931. The second-order valence-electron chi connectivity index (χ2n) is 4.81. The lowest BCUT2D eigenvalue weighted by Gasteiger charge is -2.35. The minimum Gasteiger partial charge on any atom is -0.338 e. The van der Waals surface area contributed by atoms with Crippen LogP contribution in [0.5, 0.6) is 0 Å². The van der Waals surface area contributed by atoms with E-state index in [1.165, 1.54) is 0 Å². The smallest absolute Gasteiger partial charge is 0.255 e. The first-order valence-corrected chi connectivity index (χ1v) is 6.74. The Labute approximate surface area is 117 Å². The number of nitrogens with two attached hydrogens (primary N) is 1. The third kappa shape index (κ3) is 2.79. The largest absolute Gasteiger partial charge is 0.338 e. The monoisotopic (exact) mass is 286 g/mol. The van der Waals surface area contributed by atoms with Crippen molar-refractivity contribution in [3.8, 4) is 0 Å². The topological polar surface area (TPSA) is 46.3 Å². The third-order valence-corrected chi connectivity index (χ3v) is 3.97. The van der Waals surface area contributed by atoms with Crippen LogP contribution in [0, 0.1) is 5.92 Å². The Morgan fingerprint density at radius 2 is 2.17 bits per heavy atom. The third-order valence-electron chi connectivity index (χ3n) is 3.42. The summed E-state index contributed by atoms with van der Waals surface area (Å²) >= 11 is 11.9. The summed E-state index contributed by atoms with van der Waals surface area (Å²) in [7, 11) is 0. The second-order valence-corrected chi connectivity index (χ2v) is 5.65. The Hall–Kier alpha value is -0.770. The molecule has 1 amide bonds. The van der Waals surface area contributed by atoms with Gasteiger partial charge in [0.25, 0.3) is 5.91 Å². The van der Waals surface area contributed by atoms with Gasteiger partial charge in [-0.15, -0.1) is 0 Å². The molecule has 5 heteroatoms. The number of hydrogen-bond donors (Lipinski definition) is 1. The summed E-state index contributed by atoms with van der Waals surface area (Å²) in [6.07, 6.45) is 0.831. The zero-order valence-corrected chi connectivity index (χ0v) is 11.7. The van der Waals surface area contributed by atoms with Crippen molar-refractivity contribution in [2.75, 3.05) is 13.1 Å². The van der Waals surface area contributed by atoms with Crippen molar-refractivity contribution in [2.24, 2.45) is 11.7 Å². The summed E-state index contributed by atoms with van der Waals surface area (Å²) in [6, 6.07) is 5.12. The number of carbonyl (C=O) groups is 1. The highest BCUT2D eigenvalue weighted by Crippen LogP contribution is 2.24. The number of halogens is 2. The summed E-state index contributed by atoms with van der Waals surface area (Å²) in [6.45, 7) is 3.43. The molecule has 18 heavy (non-hydrogen) atoms. The molecular weight excluding hydrogens is 271 g/mol. The van der Waals surface area contributed by atoms with E-state index in [9.17, 15) is 4.79 Å². The van der Waals surface area contributed by atoms with Crippen LogP contribution in [0.4, 0.5) is 0 Å². The number of piperidine rings is 1. The second kappa shape index (κ2) is 5.47. The lowest BCUT2D eigenvalue weighted by atomic mass is 9.94. The number of hydrogen-bond acceptors (Lipinski definition) is 2. The van der Waals surface area contributed by atoms with Crippen LogP contribution in [-0.4, -0.2) is 29.9 Å². The van der Waals surface area contributed by atoms with Gasteiger partial charge in [0, 0.05) is 24.2 Å². The predicted octanol–water partition coefficient (Wildman–Crippen LogP) is 2.80. The standard InChI is InChI=1S/C13H16Cl2N2O/c1-8-7-17(5-4-12(8)16)13(18)10-3-2-9(14)6-11(10)15/h2-3,6,8,12H,4-5,7,16H2,1H3. The normalized spacial score (nSPS) is 24.1. The molecule has 1 aromatic carbocycles. The molecule has 1 aliphatic heterocycles. The first-order valence-electron chi connectivity index (χ1n) is 5.99. The van der Waals surface area contributed by atoms with Gasteiger partial charge < -0.3 is 10.6 Å². The number of carbonyl (C=O) groups excluding carboxylic acids is 1. The molecule has 0 aromatic heterocycles. The van der Waals surface area contributed by atoms with Crippen molar-refractivity contribution in [1.82, 2.24) is 4.90 Å². The molecule has 1 aromatic rings. The van der Waals surface area contributed by atoms with Crippen molar-refractivity contribution >= 4 is 29.1 Å². The summed E-state index contributed by atoms with van der Waals surface area (Å²) < 4.78 is 0. The molecule has 0 aliphatic carbocycles. The Kier molecular flexibility index (Phi) is 4.15. The van der Waals surface area contributed by atoms with E-state index in [2.05, 4.69) is 6.92 Å². The van der Waals surface area contributed by atoms with E-state index in [4.69, 9.17) is 28.9 Å². The molecule has 98 valence electrons. The minimum absolute atomic E-state index is 0.0459. The van der Waals surface area contributed by atoms with Crippen LogP contribution in [-0.2, 0) is 0 Å². The van der Waals surface area contributed by atoms with Gasteiger partial charge in [-0.25, -0.2) is 0 Å². The van der Waals surface area contributed by atoms with Crippen molar-refractivity contribution in [2.45, 2.75) is 19.4 Å². The fourth-order valence-corrected chi connectivity index (χ4v) is 2.67. The van der Waals surface area contributed by atoms with E-state index in [0.717, 1.165) is 6.42 Å². The fourth-order valence-electron chi connectivity index (χ4n) is 2.18. The van der Waals surface area contributed by atoms with Crippen LogP contribution in [0.2, 0.25) is 10.0 Å². The first-order chi connectivity index (χ1) is 8.49. The van der Waals surface area contributed by atoms with Crippen LogP contribution < -0.4 is 5.73 Å². The summed E-state index contributed by atoms with van der Waals surface area (Å²) in [5.41, 5.74) is 6.45. The van der Waals surface area contributed by atoms with E-state index in [0.29, 0.717) is 34.6 Å². The molecule has 1 aliphatic rings. The Balaban J connectivity index is 2.16. The van der Waals surface area contributed by atoms with Gasteiger partial charge in [0.2, 0.25) is 0 Å². The van der Waals surface area contributed by atoms with Gasteiger partial charge in [-0.1, -0.05) is 30.1 Å². The fraction of sp³-hybridized carbons (Fsp3) is 0.462. The molecule has 1 saturated heterocycles. The Morgan fingerprint density at radius 3 is 2.78 bits per heavy atom. The molecule has 0 radical (unpaired) electrons. The van der Waals surface area contributed by atoms with Crippen LogP contribution >= 0.6 is 23.2 Å². The highest BCUT2D eigenvalue weighted by Gasteiger charge is 2.27.